The molecule has 0 radical (unpaired) electrons. The Bertz CT molecular complexity index is 907. The number of ether oxygens (including phenoxy) is 1. The fourth-order valence-electron chi connectivity index (χ4n) is 3.01. The predicted octanol–water partition coefficient (Wildman–Crippen LogP) is 4.53. The third-order valence-corrected chi connectivity index (χ3v) is 4.53. The molecule has 4 nitrogen and oxygen atoms in total. The molecule has 3 aromatic carbocycles. The molecule has 0 aliphatic heterocycles. The molecular formula is C22H24N2O2. The molecule has 2 atom stereocenters. The Labute approximate surface area is 154 Å². The van der Waals surface area contributed by atoms with E-state index in [0.29, 0.717) is 11.4 Å². The van der Waals surface area contributed by atoms with Crippen LogP contribution in [-0.4, -0.2) is 19.1 Å². The Balaban J connectivity index is 1.67. The number of hydrogen-bond acceptors (Lipinski definition) is 3. The minimum Gasteiger partial charge on any atom is -0.495 e. The molecule has 0 saturated carbocycles. The number of carbonyl (C=O) groups excluding carboxylic acids is 1. The van der Waals surface area contributed by atoms with Crippen LogP contribution >= 0.6 is 0 Å². The van der Waals surface area contributed by atoms with Crippen LogP contribution in [0.4, 0.5) is 5.69 Å². The summed E-state index contributed by atoms with van der Waals surface area (Å²) in [5, 5.41) is 8.70. The van der Waals surface area contributed by atoms with Gasteiger partial charge in [0, 0.05) is 6.04 Å². The van der Waals surface area contributed by atoms with Gasteiger partial charge in [-0.3, -0.25) is 10.1 Å². The number of anilines is 1. The van der Waals surface area contributed by atoms with Gasteiger partial charge in [-0.15, -0.1) is 0 Å². The Morgan fingerprint density at radius 3 is 2.38 bits per heavy atom. The van der Waals surface area contributed by atoms with Crippen LogP contribution in [0.15, 0.2) is 66.7 Å². The average Bonchev–Trinajstić information content (AvgIpc) is 2.67. The van der Waals surface area contributed by atoms with Gasteiger partial charge in [0.05, 0.1) is 18.8 Å². The lowest BCUT2D eigenvalue weighted by Gasteiger charge is -2.21. The summed E-state index contributed by atoms with van der Waals surface area (Å²) in [4.78, 5) is 12.5. The van der Waals surface area contributed by atoms with Gasteiger partial charge >= 0.3 is 0 Å². The molecule has 1 amide bonds. The molecule has 2 N–H and O–H groups in total. The Hall–Kier alpha value is -2.85. The summed E-state index contributed by atoms with van der Waals surface area (Å²) >= 11 is 0. The summed E-state index contributed by atoms with van der Waals surface area (Å²) < 4.78 is 5.28. The van der Waals surface area contributed by atoms with Gasteiger partial charge < -0.3 is 10.1 Å². The molecule has 134 valence electrons. The minimum atomic E-state index is -0.346. The molecule has 0 fully saturated rings. The molecule has 0 heterocycles. The van der Waals surface area contributed by atoms with Crippen LogP contribution in [-0.2, 0) is 4.79 Å². The van der Waals surface area contributed by atoms with E-state index in [0.717, 1.165) is 5.56 Å². The number of benzene rings is 3. The van der Waals surface area contributed by atoms with Gasteiger partial charge in [-0.1, -0.05) is 48.5 Å². The smallest absolute Gasteiger partial charge is 0.241 e. The lowest BCUT2D eigenvalue weighted by atomic mass is 10.0. The molecule has 3 rings (SSSR count). The quantitative estimate of drug-likeness (QED) is 0.688. The lowest BCUT2D eigenvalue weighted by Crippen LogP contribution is -2.39. The second-order valence-electron chi connectivity index (χ2n) is 6.41. The van der Waals surface area contributed by atoms with Gasteiger partial charge in [-0.05, 0) is 48.4 Å². The molecule has 0 unspecified atom stereocenters. The molecule has 3 aromatic rings. The van der Waals surface area contributed by atoms with Crippen molar-refractivity contribution in [3.05, 3.63) is 72.3 Å². The van der Waals surface area contributed by atoms with Crippen LogP contribution in [0.1, 0.15) is 25.5 Å². The molecule has 0 bridgehead atoms. The van der Waals surface area contributed by atoms with E-state index in [4.69, 9.17) is 4.74 Å². The fourth-order valence-corrected chi connectivity index (χ4v) is 3.01. The summed E-state index contributed by atoms with van der Waals surface area (Å²) in [5.41, 5.74) is 1.83. The maximum atomic E-state index is 12.5. The SMILES string of the molecule is COc1ccccc1NC(=O)[C@H](C)N[C@H](C)c1ccc2ccccc2c1. The van der Waals surface area contributed by atoms with Crippen LogP contribution in [0.3, 0.4) is 0 Å². The first kappa shape index (κ1) is 18.0. The molecule has 26 heavy (non-hydrogen) atoms. The first-order chi connectivity index (χ1) is 12.6. The monoisotopic (exact) mass is 348 g/mol. The van der Waals surface area contributed by atoms with Crippen LogP contribution in [0.25, 0.3) is 10.8 Å². The molecule has 0 aliphatic carbocycles. The highest BCUT2D eigenvalue weighted by Gasteiger charge is 2.17. The molecule has 0 spiro atoms. The highest BCUT2D eigenvalue weighted by Crippen LogP contribution is 2.24. The molecule has 0 aliphatic rings. The molecule has 0 saturated heterocycles. The highest BCUT2D eigenvalue weighted by molar-refractivity contribution is 5.95. The van der Waals surface area contributed by atoms with Crippen molar-refractivity contribution in [3.63, 3.8) is 0 Å². The summed E-state index contributed by atoms with van der Waals surface area (Å²) in [6, 6.07) is 21.8. The van der Waals surface area contributed by atoms with Crippen LogP contribution in [0.5, 0.6) is 5.75 Å². The van der Waals surface area contributed by atoms with E-state index >= 15 is 0 Å². The van der Waals surface area contributed by atoms with Crippen LogP contribution < -0.4 is 15.4 Å². The fraction of sp³-hybridized carbons (Fsp3) is 0.227. The maximum Gasteiger partial charge on any atom is 0.241 e. The predicted molar refractivity (Wildman–Crippen MR) is 107 cm³/mol. The number of nitrogens with one attached hydrogen (secondary N) is 2. The van der Waals surface area contributed by atoms with E-state index in [1.165, 1.54) is 10.8 Å². The number of methoxy groups -OCH3 is 1. The van der Waals surface area contributed by atoms with Crippen molar-refractivity contribution in [2.45, 2.75) is 25.9 Å². The third-order valence-electron chi connectivity index (χ3n) is 4.53. The zero-order chi connectivity index (χ0) is 18.5. The zero-order valence-electron chi connectivity index (χ0n) is 15.3. The first-order valence-electron chi connectivity index (χ1n) is 8.77. The van der Waals surface area contributed by atoms with Crippen molar-refractivity contribution < 1.29 is 9.53 Å². The first-order valence-corrected chi connectivity index (χ1v) is 8.77. The molecular weight excluding hydrogens is 324 g/mol. The lowest BCUT2D eigenvalue weighted by molar-refractivity contribution is -0.117. The number of para-hydroxylation sites is 2. The standard InChI is InChI=1S/C22H24N2O2/c1-15(18-13-12-17-8-4-5-9-19(17)14-18)23-16(2)22(25)24-20-10-6-7-11-21(20)26-3/h4-16,23H,1-3H3,(H,24,25)/t15-,16+/m1/s1. The van der Waals surface area contributed by atoms with Gasteiger partial charge in [0.2, 0.25) is 5.91 Å². The Morgan fingerprint density at radius 2 is 1.62 bits per heavy atom. The highest BCUT2D eigenvalue weighted by atomic mass is 16.5. The van der Waals surface area contributed by atoms with E-state index in [1.807, 2.05) is 43.3 Å². The topological polar surface area (TPSA) is 50.4 Å². The number of amides is 1. The summed E-state index contributed by atoms with van der Waals surface area (Å²) in [7, 11) is 1.59. The molecule has 4 heteroatoms. The van der Waals surface area contributed by atoms with Crippen molar-refractivity contribution >= 4 is 22.4 Å². The largest absolute Gasteiger partial charge is 0.495 e. The zero-order valence-corrected chi connectivity index (χ0v) is 15.3. The summed E-state index contributed by atoms with van der Waals surface area (Å²) in [6.07, 6.45) is 0. The van der Waals surface area contributed by atoms with E-state index in [9.17, 15) is 4.79 Å². The van der Waals surface area contributed by atoms with E-state index in [2.05, 4.69) is 47.9 Å². The van der Waals surface area contributed by atoms with Crippen molar-refractivity contribution in [2.75, 3.05) is 12.4 Å². The van der Waals surface area contributed by atoms with Crippen LogP contribution in [0.2, 0.25) is 0 Å². The molecule has 0 aromatic heterocycles. The van der Waals surface area contributed by atoms with Gasteiger partial charge in [0.25, 0.3) is 0 Å². The Morgan fingerprint density at radius 1 is 0.923 bits per heavy atom. The van der Waals surface area contributed by atoms with E-state index in [-0.39, 0.29) is 18.0 Å². The van der Waals surface area contributed by atoms with Gasteiger partial charge in [0.1, 0.15) is 5.75 Å². The van der Waals surface area contributed by atoms with Crippen molar-refractivity contribution in [1.82, 2.24) is 5.32 Å². The number of carbonyl (C=O) groups is 1. The van der Waals surface area contributed by atoms with Crippen molar-refractivity contribution in [2.24, 2.45) is 0 Å². The number of rotatable bonds is 6. The van der Waals surface area contributed by atoms with Gasteiger partial charge in [-0.2, -0.15) is 0 Å². The summed E-state index contributed by atoms with van der Waals surface area (Å²) in [6.45, 7) is 3.93. The van der Waals surface area contributed by atoms with Gasteiger partial charge in [0.15, 0.2) is 0 Å². The minimum absolute atomic E-state index is 0.0537. The second-order valence-corrected chi connectivity index (χ2v) is 6.41. The summed E-state index contributed by atoms with van der Waals surface area (Å²) in [5.74, 6) is 0.553. The third kappa shape index (κ3) is 4.03. The normalized spacial score (nSPS) is 13.2. The second kappa shape index (κ2) is 8.02. The van der Waals surface area contributed by atoms with E-state index in [1.54, 1.807) is 7.11 Å². The van der Waals surface area contributed by atoms with Gasteiger partial charge in [-0.25, -0.2) is 0 Å². The maximum absolute atomic E-state index is 12.5. The van der Waals surface area contributed by atoms with Crippen molar-refractivity contribution in [3.8, 4) is 5.75 Å². The van der Waals surface area contributed by atoms with Crippen molar-refractivity contribution in [1.29, 1.82) is 0 Å². The Kier molecular flexibility index (Phi) is 5.54. The number of fused-ring (bicyclic) bond motifs is 1. The average molecular weight is 348 g/mol. The van der Waals surface area contributed by atoms with Crippen LogP contribution in [0, 0.1) is 0 Å². The number of hydrogen-bond donors (Lipinski definition) is 2. The van der Waals surface area contributed by atoms with E-state index < -0.39 is 0 Å².